The number of halogens is 1. The maximum Gasteiger partial charge on any atom is 0.0141 e. The minimum absolute atomic E-state index is 0. The molecule has 0 radical (unpaired) electrons. The standard InChI is InChI=1S/C17H19N.ClH/c1-14-8-6-7-11-16(14)17(12-13-18-2)15-9-4-3-5-10-15;/h3-12,18H,13H2,1-2H3;1H/b17-12-;. The van der Waals surface area contributed by atoms with Gasteiger partial charge in [-0.1, -0.05) is 60.7 Å². The van der Waals surface area contributed by atoms with Gasteiger partial charge in [0, 0.05) is 6.54 Å². The van der Waals surface area contributed by atoms with Crippen LogP contribution in [0.15, 0.2) is 60.7 Å². The average Bonchev–Trinajstić information content (AvgIpc) is 2.42. The third-order valence-corrected chi connectivity index (χ3v) is 3.03. The molecule has 0 aromatic heterocycles. The van der Waals surface area contributed by atoms with Crippen LogP contribution in [-0.4, -0.2) is 13.6 Å². The molecule has 0 fully saturated rings. The molecule has 0 aliphatic rings. The zero-order valence-electron chi connectivity index (χ0n) is 11.4. The smallest absolute Gasteiger partial charge is 0.0141 e. The van der Waals surface area contributed by atoms with E-state index in [4.69, 9.17) is 0 Å². The minimum Gasteiger partial charge on any atom is -0.316 e. The van der Waals surface area contributed by atoms with E-state index in [1.807, 2.05) is 7.05 Å². The van der Waals surface area contributed by atoms with Gasteiger partial charge in [-0.05, 0) is 36.2 Å². The van der Waals surface area contributed by atoms with Crippen LogP contribution < -0.4 is 5.32 Å². The average molecular weight is 274 g/mol. The third kappa shape index (κ3) is 3.95. The molecule has 0 heterocycles. The number of hydrogen-bond donors (Lipinski definition) is 1. The van der Waals surface area contributed by atoms with Crippen LogP contribution in [0.5, 0.6) is 0 Å². The van der Waals surface area contributed by atoms with Crippen LogP contribution in [0.4, 0.5) is 0 Å². The van der Waals surface area contributed by atoms with Crippen molar-refractivity contribution in [3.05, 3.63) is 77.4 Å². The van der Waals surface area contributed by atoms with Crippen molar-refractivity contribution >= 4 is 18.0 Å². The van der Waals surface area contributed by atoms with E-state index in [9.17, 15) is 0 Å². The van der Waals surface area contributed by atoms with E-state index in [0.29, 0.717) is 0 Å². The molecule has 0 atom stereocenters. The number of likely N-dealkylation sites (N-methyl/N-ethyl adjacent to an activating group) is 1. The Bertz CT molecular complexity index is 532. The van der Waals surface area contributed by atoms with Gasteiger partial charge < -0.3 is 5.32 Å². The Kier molecular flexibility index (Phi) is 6.34. The van der Waals surface area contributed by atoms with E-state index < -0.39 is 0 Å². The second-order valence-electron chi connectivity index (χ2n) is 4.36. The van der Waals surface area contributed by atoms with Crippen LogP contribution in [-0.2, 0) is 0 Å². The van der Waals surface area contributed by atoms with E-state index in [-0.39, 0.29) is 12.4 Å². The van der Waals surface area contributed by atoms with Crippen molar-refractivity contribution in [1.82, 2.24) is 5.32 Å². The fraction of sp³-hybridized carbons (Fsp3) is 0.176. The van der Waals surface area contributed by atoms with Crippen LogP contribution in [0.1, 0.15) is 16.7 Å². The van der Waals surface area contributed by atoms with Crippen molar-refractivity contribution in [2.75, 3.05) is 13.6 Å². The molecule has 0 unspecified atom stereocenters. The van der Waals surface area contributed by atoms with Crippen LogP contribution >= 0.6 is 12.4 Å². The van der Waals surface area contributed by atoms with Crippen molar-refractivity contribution < 1.29 is 0 Å². The number of benzene rings is 2. The molecular weight excluding hydrogens is 254 g/mol. The molecule has 2 heteroatoms. The van der Waals surface area contributed by atoms with Crippen molar-refractivity contribution in [2.24, 2.45) is 0 Å². The Morgan fingerprint density at radius 1 is 1.00 bits per heavy atom. The number of nitrogens with one attached hydrogen (secondary N) is 1. The first-order chi connectivity index (χ1) is 8.83. The molecule has 0 saturated carbocycles. The molecule has 2 aromatic rings. The Labute approximate surface area is 121 Å². The number of rotatable bonds is 4. The highest BCUT2D eigenvalue weighted by atomic mass is 35.5. The molecule has 0 amide bonds. The van der Waals surface area contributed by atoms with Crippen molar-refractivity contribution in [3.63, 3.8) is 0 Å². The van der Waals surface area contributed by atoms with Gasteiger partial charge in [-0.25, -0.2) is 0 Å². The van der Waals surface area contributed by atoms with E-state index >= 15 is 0 Å². The topological polar surface area (TPSA) is 12.0 Å². The molecule has 0 aliphatic carbocycles. The lowest BCUT2D eigenvalue weighted by molar-refractivity contribution is 0.920. The van der Waals surface area contributed by atoms with Gasteiger partial charge in [-0.3, -0.25) is 0 Å². The van der Waals surface area contributed by atoms with Crippen LogP contribution in [0, 0.1) is 6.92 Å². The van der Waals surface area contributed by atoms with Crippen molar-refractivity contribution in [1.29, 1.82) is 0 Å². The van der Waals surface area contributed by atoms with Gasteiger partial charge >= 0.3 is 0 Å². The summed E-state index contributed by atoms with van der Waals surface area (Å²) < 4.78 is 0. The van der Waals surface area contributed by atoms with E-state index in [1.54, 1.807) is 0 Å². The van der Waals surface area contributed by atoms with Gasteiger partial charge in [-0.2, -0.15) is 0 Å². The summed E-state index contributed by atoms with van der Waals surface area (Å²) in [6.07, 6.45) is 2.25. The summed E-state index contributed by atoms with van der Waals surface area (Å²) in [5.74, 6) is 0. The van der Waals surface area contributed by atoms with Gasteiger partial charge in [0.2, 0.25) is 0 Å². The largest absolute Gasteiger partial charge is 0.316 e. The Balaban J connectivity index is 0.00000180. The van der Waals surface area contributed by atoms with Crippen molar-refractivity contribution in [2.45, 2.75) is 6.92 Å². The maximum absolute atomic E-state index is 3.18. The highest BCUT2D eigenvalue weighted by Gasteiger charge is 2.06. The molecule has 1 N–H and O–H groups in total. The first-order valence-corrected chi connectivity index (χ1v) is 6.29. The second-order valence-corrected chi connectivity index (χ2v) is 4.36. The SMILES string of the molecule is CNC/C=C(/c1ccccc1)c1ccccc1C.Cl. The van der Waals surface area contributed by atoms with Crippen molar-refractivity contribution in [3.8, 4) is 0 Å². The van der Waals surface area contributed by atoms with Gasteiger partial charge in [0.15, 0.2) is 0 Å². The minimum atomic E-state index is 0. The monoisotopic (exact) mass is 273 g/mol. The van der Waals surface area contributed by atoms with E-state index in [2.05, 4.69) is 72.9 Å². The molecule has 2 rings (SSSR count). The van der Waals surface area contributed by atoms with E-state index in [1.165, 1.54) is 22.3 Å². The summed E-state index contributed by atoms with van der Waals surface area (Å²) in [5.41, 5.74) is 5.17. The molecule has 1 nitrogen and oxygen atoms in total. The number of hydrogen-bond acceptors (Lipinski definition) is 1. The Hall–Kier alpha value is -1.57. The van der Waals surface area contributed by atoms with Crippen LogP contribution in [0.25, 0.3) is 5.57 Å². The Morgan fingerprint density at radius 3 is 2.26 bits per heavy atom. The fourth-order valence-corrected chi connectivity index (χ4v) is 2.08. The molecule has 0 aliphatic heterocycles. The summed E-state index contributed by atoms with van der Waals surface area (Å²) in [4.78, 5) is 0. The van der Waals surface area contributed by atoms with Gasteiger partial charge in [0.05, 0.1) is 0 Å². The molecule has 0 bridgehead atoms. The molecule has 0 saturated heterocycles. The molecular formula is C17H20ClN. The highest BCUT2D eigenvalue weighted by Crippen LogP contribution is 2.25. The molecule has 0 spiro atoms. The van der Waals surface area contributed by atoms with E-state index in [0.717, 1.165) is 6.54 Å². The highest BCUT2D eigenvalue weighted by molar-refractivity contribution is 5.85. The molecule has 19 heavy (non-hydrogen) atoms. The Morgan fingerprint density at radius 2 is 1.63 bits per heavy atom. The summed E-state index contributed by atoms with van der Waals surface area (Å²) >= 11 is 0. The lowest BCUT2D eigenvalue weighted by Crippen LogP contribution is -2.05. The normalized spacial score (nSPS) is 10.9. The summed E-state index contributed by atoms with van der Waals surface area (Å²) in [7, 11) is 1.97. The summed E-state index contributed by atoms with van der Waals surface area (Å²) in [6, 6.07) is 19.1. The maximum atomic E-state index is 3.18. The molecule has 100 valence electrons. The predicted molar refractivity (Wildman–Crippen MR) is 85.9 cm³/mol. The third-order valence-electron chi connectivity index (χ3n) is 3.03. The zero-order chi connectivity index (χ0) is 12.8. The zero-order valence-corrected chi connectivity index (χ0v) is 12.2. The predicted octanol–water partition coefficient (Wildman–Crippen LogP) is 4.07. The quantitative estimate of drug-likeness (QED) is 0.886. The number of aryl methyl sites for hydroxylation is 1. The first-order valence-electron chi connectivity index (χ1n) is 6.29. The first kappa shape index (κ1) is 15.5. The van der Waals surface area contributed by atoms with Gasteiger partial charge in [0.25, 0.3) is 0 Å². The van der Waals surface area contributed by atoms with Gasteiger partial charge in [-0.15, -0.1) is 12.4 Å². The lowest BCUT2D eigenvalue weighted by Gasteiger charge is -2.11. The lowest BCUT2D eigenvalue weighted by atomic mass is 9.94. The fourth-order valence-electron chi connectivity index (χ4n) is 2.08. The van der Waals surface area contributed by atoms with Crippen LogP contribution in [0.3, 0.4) is 0 Å². The molecule has 2 aromatic carbocycles. The van der Waals surface area contributed by atoms with Gasteiger partial charge in [0.1, 0.15) is 0 Å². The summed E-state index contributed by atoms with van der Waals surface area (Å²) in [5, 5.41) is 3.18. The van der Waals surface area contributed by atoms with Crippen LogP contribution in [0.2, 0.25) is 0 Å². The summed E-state index contributed by atoms with van der Waals surface area (Å²) in [6.45, 7) is 3.03. The second kappa shape index (κ2) is 7.78.